The molecule has 0 heterocycles. The predicted octanol–water partition coefficient (Wildman–Crippen LogP) is 10.1. The number of hydrogen-bond acceptors (Lipinski definition) is 0. The molecule has 0 radical (unpaired) electrons. The van der Waals surface area contributed by atoms with E-state index in [0.29, 0.717) is 0 Å². The molecule has 0 spiro atoms. The standard InChI is InChI=1S/C24H10BrF21Se/c25-12-8-6-11(7-9-12)14(47-13-4-2-1-3-5-13)10-15(26,27)16(28,29)17(30,31)18(32,33)19(34,35)20(36,37)21(38,39)22(40,41)23(42,43)24(44,45)46/h1-10H/b14-10+. The van der Waals surface area contributed by atoms with Gasteiger partial charge in [0.05, 0.1) is 0 Å². The number of benzene rings is 2. The SMILES string of the molecule is FC(F)(F)C(F)(F)C(F)(F)C(F)(F)C(F)(F)C(F)(F)C(F)(F)C(F)(F)C(F)(F)C(F)(F)/C=C(/[Se]c1ccccc1)c1ccc(Br)cc1. The van der Waals surface area contributed by atoms with Crippen LogP contribution in [0.5, 0.6) is 0 Å². The number of rotatable bonds is 12. The fourth-order valence-corrected chi connectivity index (χ4v) is 5.61. The molecule has 0 aliphatic heterocycles. The Kier molecular flexibility index (Phi) is 10.6. The second-order valence-electron chi connectivity index (χ2n) is 9.15. The topological polar surface area (TPSA) is 0 Å². The first kappa shape index (κ1) is 40.9. The van der Waals surface area contributed by atoms with Crippen LogP contribution in [0.25, 0.3) is 4.47 Å². The molecule has 266 valence electrons. The Morgan fingerprint density at radius 2 is 0.787 bits per heavy atom. The fourth-order valence-electron chi connectivity index (χ4n) is 3.23. The summed E-state index contributed by atoms with van der Waals surface area (Å²) < 4.78 is 287. The third kappa shape index (κ3) is 6.32. The van der Waals surface area contributed by atoms with Gasteiger partial charge in [-0.2, -0.15) is 13.2 Å². The molecule has 0 aliphatic carbocycles. The van der Waals surface area contributed by atoms with Crippen molar-refractivity contribution in [3.05, 3.63) is 70.7 Å². The molecule has 0 aliphatic rings. The van der Waals surface area contributed by atoms with Crippen molar-refractivity contribution in [3.8, 4) is 0 Å². The van der Waals surface area contributed by atoms with Gasteiger partial charge in [-0.3, -0.25) is 0 Å². The van der Waals surface area contributed by atoms with Crippen molar-refractivity contribution in [2.24, 2.45) is 0 Å². The van der Waals surface area contributed by atoms with Gasteiger partial charge in [-0.15, -0.1) is 0 Å². The van der Waals surface area contributed by atoms with Crippen LogP contribution in [0.4, 0.5) is 92.2 Å². The molecule has 0 aromatic heterocycles. The van der Waals surface area contributed by atoms with E-state index in [1.807, 2.05) is 0 Å². The van der Waals surface area contributed by atoms with E-state index in [4.69, 9.17) is 0 Å². The molecule has 2 rings (SSSR count). The van der Waals surface area contributed by atoms with E-state index >= 15 is 0 Å². The minimum absolute atomic E-state index is 0.0182. The number of alkyl halides is 21. The summed E-state index contributed by atoms with van der Waals surface area (Å²) in [5.74, 6) is -77.4. The van der Waals surface area contributed by atoms with E-state index in [2.05, 4.69) is 15.9 Å². The molecule has 0 fully saturated rings. The van der Waals surface area contributed by atoms with Crippen LogP contribution in [-0.4, -0.2) is 74.4 Å². The van der Waals surface area contributed by atoms with Crippen LogP contribution in [0, 0.1) is 0 Å². The summed E-state index contributed by atoms with van der Waals surface area (Å²) in [6, 6.07) is 9.92. The Labute approximate surface area is 262 Å². The van der Waals surface area contributed by atoms with Crippen molar-refractivity contribution in [2.75, 3.05) is 0 Å². The molecule has 23 heteroatoms. The zero-order valence-corrected chi connectivity index (χ0v) is 24.8. The van der Waals surface area contributed by atoms with Crippen molar-refractivity contribution in [3.63, 3.8) is 0 Å². The normalized spacial score (nSPS) is 15.7. The first-order chi connectivity index (χ1) is 20.7. The van der Waals surface area contributed by atoms with E-state index in [1.54, 1.807) is 0 Å². The van der Waals surface area contributed by atoms with Crippen molar-refractivity contribution in [1.82, 2.24) is 0 Å². The molecule has 2 aromatic rings. The maximum absolute atomic E-state index is 14.8. The van der Waals surface area contributed by atoms with Crippen LogP contribution in [0.3, 0.4) is 0 Å². The third-order valence-electron chi connectivity index (χ3n) is 5.95. The molecule has 47 heavy (non-hydrogen) atoms. The van der Waals surface area contributed by atoms with E-state index < -0.39 is 90.5 Å². The first-order valence-electron chi connectivity index (χ1n) is 11.4. The van der Waals surface area contributed by atoms with Crippen LogP contribution in [-0.2, 0) is 0 Å². The molecule has 0 bridgehead atoms. The summed E-state index contributed by atoms with van der Waals surface area (Å²) in [6.07, 6.45) is -9.21. The van der Waals surface area contributed by atoms with Crippen LogP contribution in [0.2, 0.25) is 0 Å². The van der Waals surface area contributed by atoms with Crippen LogP contribution >= 0.6 is 15.9 Å². The summed E-state index contributed by atoms with van der Waals surface area (Å²) in [5.41, 5.74) is -0.535. The quantitative estimate of drug-likeness (QED) is 0.147. The second kappa shape index (κ2) is 12.2. The van der Waals surface area contributed by atoms with E-state index in [-0.39, 0.29) is 8.93 Å². The molecular weight excluding hydrogens is 846 g/mol. The number of allylic oxidation sites excluding steroid dienone is 1. The molecular formula is C24H10BrF21Se. The summed E-state index contributed by atoms with van der Waals surface area (Å²) in [6.45, 7) is 0. The molecule has 0 saturated carbocycles. The van der Waals surface area contributed by atoms with Crippen molar-refractivity contribution >= 4 is 39.8 Å². The van der Waals surface area contributed by atoms with Crippen LogP contribution in [0.15, 0.2) is 65.1 Å². The van der Waals surface area contributed by atoms with Gasteiger partial charge in [0, 0.05) is 0 Å². The molecule has 0 unspecified atom stereocenters. The summed E-state index contributed by atoms with van der Waals surface area (Å²) >= 11 is 1.22. The van der Waals surface area contributed by atoms with Gasteiger partial charge in [0.1, 0.15) is 0 Å². The molecule has 2 aromatic carbocycles. The fraction of sp³-hybridized carbons (Fsp3) is 0.417. The molecule has 0 atom stereocenters. The van der Waals surface area contributed by atoms with Crippen LogP contribution < -0.4 is 4.46 Å². The van der Waals surface area contributed by atoms with Crippen molar-refractivity contribution in [2.45, 2.75) is 59.5 Å². The van der Waals surface area contributed by atoms with Gasteiger partial charge in [-0.05, 0) is 0 Å². The monoisotopic (exact) mass is 856 g/mol. The number of hydrogen-bond donors (Lipinski definition) is 0. The Morgan fingerprint density at radius 1 is 0.447 bits per heavy atom. The molecule has 0 N–H and O–H groups in total. The number of halogens is 22. The van der Waals surface area contributed by atoms with Gasteiger partial charge in [-0.25, -0.2) is 0 Å². The van der Waals surface area contributed by atoms with E-state index in [0.717, 1.165) is 36.4 Å². The minimum atomic E-state index is -9.20. The Morgan fingerprint density at radius 3 is 1.15 bits per heavy atom. The van der Waals surface area contributed by atoms with Gasteiger partial charge < -0.3 is 0 Å². The predicted molar refractivity (Wildman–Crippen MR) is 125 cm³/mol. The zero-order chi connectivity index (χ0) is 37.1. The Bertz CT molecular complexity index is 1430. The second-order valence-corrected chi connectivity index (χ2v) is 12.4. The summed E-state index contributed by atoms with van der Waals surface area (Å²) in [4.78, 5) is 0. The Balaban J connectivity index is 2.75. The molecule has 0 amide bonds. The van der Waals surface area contributed by atoms with Crippen LogP contribution in [0.1, 0.15) is 5.56 Å². The molecule has 0 saturated heterocycles. The third-order valence-corrected chi connectivity index (χ3v) is 8.74. The van der Waals surface area contributed by atoms with Gasteiger partial charge in [0.2, 0.25) is 0 Å². The summed E-state index contributed by atoms with van der Waals surface area (Å²) in [7, 11) is 0. The van der Waals surface area contributed by atoms with E-state index in [9.17, 15) is 92.2 Å². The van der Waals surface area contributed by atoms with Gasteiger partial charge >= 0.3 is 249 Å². The zero-order valence-electron chi connectivity index (χ0n) is 21.5. The first-order valence-corrected chi connectivity index (χ1v) is 13.9. The van der Waals surface area contributed by atoms with Gasteiger partial charge in [0.15, 0.2) is 0 Å². The average molecular weight is 856 g/mol. The molecule has 0 nitrogen and oxygen atoms in total. The van der Waals surface area contributed by atoms with Gasteiger partial charge in [-0.1, -0.05) is 0 Å². The average Bonchev–Trinajstić information content (AvgIpc) is 2.92. The Hall–Kier alpha value is -2.29. The van der Waals surface area contributed by atoms with Crippen molar-refractivity contribution < 1.29 is 92.2 Å². The van der Waals surface area contributed by atoms with E-state index in [1.165, 1.54) is 18.2 Å². The van der Waals surface area contributed by atoms with Crippen molar-refractivity contribution in [1.29, 1.82) is 0 Å². The maximum atomic E-state index is 14.8. The summed E-state index contributed by atoms with van der Waals surface area (Å²) in [5, 5.41) is 0. The van der Waals surface area contributed by atoms with Gasteiger partial charge in [0.25, 0.3) is 0 Å².